The van der Waals surface area contributed by atoms with Crippen molar-refractivity contribution in [2.75, 3.05) is 32.1 Å². The number of ether oxygens (including phenoxy) is 1. The predicted octanol–water partition coefficient (Wildman–Crippen LogP) is 3.75. The normalized spacial score (nSPS) is 14.0. The van der Waals surface area contributed by atoms with Crippen molar-refractivity contribution in [2.24, 2.45) is 0 Å². The summed E-state index contributed by atoms with van der Waals surface area (Å²) in [6.45, 7) is 2.22. The number of alkyl halides is 3. The number of anilines is 1. The van der Waals surface area contributed by atoms with E-state index in [1.807, 2.05) is 19.0 Å². The molecule has 1 aliphatic heterocycles. The van der Waals surface area contributed by atoms with Crippen LogP contribution in [0.5, 0.6) is 5.75 Å². The Morgan fingerprint density at radius 2 is 1.79 bits per heavy atom. The summed E-state index contributed by atoms with van der Waals surface area (Å²) < 4.78 is 45.3. The van der Waals surface area contributed by atoms with Crippen LogP contribution in [0.2, 0.25) is 0 Å². The molecule has 2 aromatic carbocycles. The lowest BCUT2D eigenvalue weighted by atomic mass is 10.1. The Balaban J connectivity index is 1.98. The fourth-order valence-corrected chi connectivity index (χ4v) is 3.00. The van der Waals surface area contributed by atoms with E-state index >= 15 is 0 Å². The quantitative estimate of drug-likeness (QED) is 0.728. The Labute approximate surface area is 160 Å². The first-order valence-corrected chi connectivity index (χ1v) is 8.58. The number of rotatable bonds is 5. The molecule has 0 atom stereocenters. The SMILES string of the molecule is Cc1ccc(N2C(=O)c3cccc(OCCN(C)C)c3C2=O)cc1C(F)(F)F. The number of nitrogens with zero attached hydrogens (tertiary/aromatic N) is 2. The smallest absolute Gasteiger partial charge is 0.416 e. The number of amides is 2. The van der Waals surface area contributed by atoms with Gasteiger partial charge in [-0.15, -0.1) is 0 Å². The Kier molecular flexibility index (Phi) is 5.16. The summed E-state index contributed by atoms with van der Waals surface area (Å²) in [6.07, 6.45) is -4.58. The van der Waals surface area contributed by atoms with Crippen LogP contribution in [0.25, 0.3) is 0 Å². The molecule has 0 spiro atoms. The number of imide groups is 1. The highest BCUT2D eigenvalue weighted by Gasteiger charge is 2.40. The second-order valence-corrected chi connectivity index (χ2v) is 6.77. The van der Waals surface area contributed by atoms with Gasteiger partial charge in [-0.1, -0.05) is 12.1 Å². The van der Waals surface area contributed by atoms with Crippen LogP contribution in [0.4, 0.5) is 18.9 Å². The fourth-order valence-electron chi connectivity index (χ4n) is 3.00. The van der Waals surface area contributed by atoms with E-state index in [-0.39, 0.29) is 28.1 Å². The first-order valence-electron chi connectivity index (χ1n) is 8.58. The Bertz CT molecular complexity index is 939. The highest BCUT2D eigenvalue weighted by Crippen LogP contribution is 2.38. The van der Waals surface area contributed by atoms with Crippen LogP contribution < -0.4 is 9.64 Å². The van der Waals surface area contributed by atoms with Crippen molar-refractivity contribution in [1.82, 2.24) is 4.90 Å². The third-order valence-electron chi connectivity index (χ3n) is 4.46. The molecule has 0 fully saturated rings. The van der Waals surface area contributed by atoms with Gasteiger partial charge in [0.25, 0.3) is 11.8 Å². The van der Waals surface area contributed by atoms with E-state index in [0.29, 0.717) is 13.2 Å². The number of fused-ring (bicyclic) bond motifs is 1. The Morgan fingerprint density at radius 1 is 1.07 bits per heavy atom. The van der Waals surface area contributed by atoms with Gasteiger partial charge in [-0.2, -0.15) is 13.2 Å². The standard InChI is InChI=1S/C20H19F3N2O3/c1-12-7-8-13(11-15(12)20(21,22)23)25-18(26)14-5-4-6-16(17(14)19(25)27)28-10-9-24(2)3/h4-8,11H,9-10H2,1-3H3. The minimum Gasteiger partial charge on any atom is -0.491 e. The van der Waals surface area contributed by atoms with E-state index in [1.54, 1.807) is 12.1 Å². The summed E-state index contributed by atoms with van der Waals surface area (Å²) >= 11 is 0. The Morgan fingerprint density at radius 3 is 2.43 bits per heavy atom. The van der Waals surface area contributed by atoms with Gasteiger partial charge in [-0.25, -0.2) is 4.90 Å². The summed E-state index contributed by atoms with van der Waals surface area (Å²) in [5, 5.41) is 0. The van der Waals surface area contributed by atoms with Gasteiger partial charge in [0, 0.05) is 6.54 Å². The highest BCUT2D eigenvalue weighted by atomic mass is 19.4. The van der Waals surface area contributed by atoms with Crippen molar-refractivity contribution in [1.29, 1.82) is 0 Å². The average Bonchev–Trinajstić information content (AvgIpc) is 2.86. The van der Waals surface area contributed by atoms with E-state index in [0.717, 1.165) is 11.0 Å². The first kappa shape index (κ1) is 19.9. The van der Waals surface area contributed by atoms with Crippen LogP contribution in [0.1, 0.15) is 31.8 Å². The van der Waals surface area contributed by atoms with E-state index < -0.39 is 23.6 Å². The number of carbonyl (C=O) groups excluding carboxylic acids is 2. The largest absolute Gasteiger partial charge is 0.491 e. The van der Waals surface area contributed by atoms with Gasteiger partial charge in [-0.05, 0) is 50.8 Å². The molecule has 0 N–H and O–H groups in total. The zero-order valence-corrected chi connectivity index (χ0v) is 15.6. The van der Waals surface area contributed by atoms with Gasteiger partial charge < -0.3 is 9.64 Å². The van der Waals surface area contributed by atoms with E-state index in [2.05, 4.69) is 0 Å². The molecule has 0 aromatic heterocycles. The van der Waals surface area contributed by atoms with Crippen molar-refractivity contribution >= 4 is 17.5 Å². The van der Waals surface area contributed by atoms with Crippen LogP contribution in [0, 0.1) is 6.92 Å². The molecule has 0 bridgehead atoms. The van der Waals surface area contributed by atoms with E-state index in [9.17, 15) is 22.8 Å². The van der Waals surface area contributed by atoms with Crippen LogP contribution in [0.15, 0.2) is 36.4 Å². The minimum atomic E-state index is -4.58. The van der Waals surface area contributed by atoms with Crippen LogP contribution in [-0.2, 0) is 6.18 Å². The maximum absolute atomic E-state index is 13.2. The summed E-state index contributed by atoms with van der Waals surface area (Å²) in [6, 6.07) is 8.01. The molecule has 8 heteroatoms. The second-order valence-electron chi connectivity index (χ2n) is 6.77. The van der Waals surface area contributed by atoms with Crippen molar-refractivity contribution in [3.63, 3.8) is 0 Å². The number of likely N-dealkylation sites (N-methyl/N-ethyl adjacent to an activating group) is 1. The molecule has 2 amide bonds. The molecule has 5 nitrogen and oxygen atoms in total. The van der Waals surface area contributed by atoms with Crippen molar-refractivity contribution in [2.45, 2.75) is 13.1 Å². The van der Waals surface area contributed by atoms with Gasteiger partial charge in [0.15, 0.2) is 0 Å². The van der Waals surface area contributed by atoms with Crippen molar-refractivity contribution in [3.05, 3.63) is 58.7 Å². The fraction of sp³-hybridized carbons (Fsp3) is 0.300. The van der Waals surface area contributed by atoms with Crippen LogP contribution in [-0.4, -0.2) is 44.0 Å². The summed E-state index contributed by atoms with van der Waals surface area (Å²) in [7, 11) is 3.73. The molecule has 0 radical (unpaired) electrons. The van der Waals surface area contributed by atoms with Gasteiger partial charge in [-0.3, -0.25) is 9.59 Å². The molecule has 0 saturated carbocycles. The number of carbonyl (C=O) groups is 2. The molecule has 0 saturated heterocycles. The number of aryl methyl sites for hydroxylation is 1. The van der Waals surface area contributed by atoms with Gasteiger partial charge >= 0.3 is 6.18 Å². The molecular weight excluding hydrogens is 373 g/mol. The molecular formula is C20H19F3N2O3. The second kappa shape index (κ2) is 7.27. The van der Waals surface area contributed by atoms with Crippen molar-refractivity contribution < 1.29 is 27.5 Å². The first-order chi connectivity index (χ1) is 13.1. The molecule has 1 heterocycles. The lowest BCUT2D eigenvalue weighted by Crippen LogP contribution is -2.30. The minimum absolute atomic E-state index is 0.0144. The van der Waals surface area contributed by atoms with Crippen LogP contribution >= 0.6 is 0 Å². The number of benzene rings is 2. The zero-order chi connectivity index (χ0) is 20.6. The highest BCUT2D eigenvalue weighted by molar-refractivity contribution is 6.35. The maximum Gasteiger partial charge on any atom is 0.416 e. The molecule has 2 aromatic rings. The van der Waals surface area contributed by atoms with Crippen LogP contribution in [0.3, 0.4) is 0 Å². The summed E-state index contributed by atoms with van der Waals surface area (Å²) in [5.74, 6) is -1.13. The molecule has 0 unspecified atom stereocenters. The van der Waals surface area contributed by atoms with Gasteiger partial charge in [0.2, 0.25) is 0 Å². The number of hydrogen-bond acceptors (Lipinski definition) is 4. The molecule has 0 aliphatic carbocycles. The summed E-state index contributed by atoms with van der Waals surface area (Å²) in [4.78, 5) is 28.3. The topological polar surface area (TPSA) is 49.9 Å². The lowest BCUT2D eigenvalue weighted by molar-refractivity contribution is -0.138. The predicted molar refractivity (Wildman–Crippen MR) is 97.8 cm³/mol. The van der Waals surface area contributed by atoms with E-state index in [1.165, 1.54) is 25.1 Å². The lowest BCUT2D eigenvalue weighted by Gasteiger charge is -2.18. The molecule has 28 heavy (non-hydrogen) atoms. The van der Waals surface area contributed by atoms with Crippen molar-refractivity contribution in [3.8, 4) is 5.75 Å². The number of hydrogen-bond donors (Lipinski definition) is 0. The number of halogens is 3. The monoisotopic (exact) mass is 392 g/mol. The maximum atomic E-state index is 13.2. The van der Waals surface area contributed by atoms with E-state index in [4.69, 9.17) is 4.74 Å². The molecule has 148 valence electrons. The Hall–Kier alpha value is -2.87. The zero-order valence-electron chi connectivity index (χ0n) is 15.6. The molecule has 3 rings (SSSR count). The van der Waals surface area contributed by atoms with Gasteiger partial charge in [0.05, 0.1) is 22.4 Å². The third-order valence-corrected chi connectivity index (χ3v) is 4.46. The summed E-state index contributed by atoms with van der Waals surface area (Å²) in [5.41, 5.74) is -0.810. The third kappa shape index (κ3) is 3.60. The average molecular weight is 392 g/mol. The van der Waals surface area contributed by atoms with Gasteiger partial charge in [0.1, 0.15) is 12.4 Å². The molecule has 1 aliphatic rings.